The topological polar surface area (TPSA) is 63.1 Å². The minimum absolute atomic E-state index is 0. The largest absolute Gasteiger partial charge is 0.330 e. The molecule has 2 aliphatic rings. The number of carbonyl (C=O) groups excluding carboxylic acids is 1. The molecular weight excluding hydrogens is 380 g/mol. The highest BCUT2D eigenvalue weighted by Gasteiger charge is 2.39. The summed E-state index contributed by atoms with van der Waals surface area (Å²) in [4.78, 5) is 15.1. The van der Waals surface area contributed by atoms with Crippen LogP contribution in [0.15, 0.2) is 18.2 Å². The number of fused-ring (bicyclic) bond motifs is 2. The molecule has 0 radical (unpaired) electrons. The number of benzene rings is 1. The standard InChI is InChI=1S/C17H19ClFN5O.ClH/c1-10-16(17(25)23-11-2-3-13(23)9-20-7-6-11)21-22-24(10)12-4-5-15(19)14(18)8-12;/h4-5,8,11,13,20H,2-3,6-7,9H2,1H3;1H. The third-order valence-electron chi connectivity index (χ3n) is 5.13. The second kappa shape index (κ2) is 7.50. The second-order valence-electron chi connectivity index (χ2n) is 6.62. The van der Waals surface area contributed by atoms with Crippen LogP contribution in [0.5, 0.6) is 0 Å². The van der Waals surface area contributed by atoms with E-state index in [1.54, 1.807) is 13.0 Å². The summed E-state index contributed by atoms with van der Waals surface area (Å²) in [5, 5.41) is 11.6. The van der Waals surface area contributed by atoms with E-state index >= 15 is 0 Å². The van der Waals surface area contributed by atoms with Crippen molar-refractivity contribution >= 4 is 29.9 Å². The number of nitrogens with zero attached hydrogens (tertiary/aromatic N) is 4. The number of hydrogen-bond acceptors (Lipinski definition) is 4. The molecule has 6 nitrogen and oxygen atoms in total. The van der Waals surface area contributed by atoms with Gasteiger partial charge in [0.1, 0.15) is 5.82 Å². The fourth-order valence-corrected chi connectivity index (χ4v) is 4.00. The lowest BCUT2D eigenvalue weighted by molar-refractivity contribution is 0.0673. The summed E-state index contributed by atoms with van der Waals surface area (Å²) in [5.74, 6) is -0.568. The predicted octanol–water partition coefficient (Wildman–Crippen LogP) is 2.76. The van der Waals surface area contributed by atoms with Crippen LogP contribution in [0.25, 0.3) is 5.69 Å². The molecule has 1 N–H and O–H groups in total. The van der Waals surface area contributed by atoms with Crippen molar-refractivity contribution in [2.75, 3.05) is 13.1 Å². The van der Waals surface area contributed by atoms with Crippen LogP contribution >= 0.6 is 24.0 Å². The number of rotatable bonds is 2. The van der Waals surface area contributed by atoms with Gasteiger partial charge < -0.3 is 10.2 Å². The van der Waals surface area contributed by atoms with Gasteiger partial charge in [0.25, 0.3) is 5.91 Å². The molecule has 3 heterocycles. The smallest absolute Gasteiger partial charge is 0.276 e. The number of carbonyl (C=O) groups is 1. The molecule has 0 aliphatic carbocycles. The lowest BCUT2D eigenvalue weighted by atomic mass is 10.1. The van der Waals surface area contributed by atoms with Crippen molar-refractivity contribution < 1.29 is 9.18 Å². The fraction of sp³-hybridized carbons (Fsp3) is 0.471. The molecular formula is C17H20Cl2FN5O. The van der Waals surface area contributed by atoms with Crippen LogP contribution in [-0.4, -0.2) is 51.0 Å². The fourth-order valence-electron chi connectivity index (χ4n) is 3.83. The van der Waals surface area contributed by atoms with Gasteiger partial charge in [0.15, 0.2) is 5.69 Å². The molecule has 1 amide bonds. The Kier molecular flexibility index (Phi) is 5.50. The van der Waals surface area contributed by atoms with Crippen LogP contribution in [0.3, 0.4) is 0 Å². The van der Waals surface area contributed by atoms with Crippen molar-refractivity contribution in [2.45, 2.75) is 38.3 Å². The van der Waals surface area contributed by atoms with Gasteiger partial charge in [-0.25, -0.2) is 9.07 Å². The summed E-state index contributed by atoms with van der Waals surface area (Å²) < 4.78 is 14.9. The lowest BCUT2D eigenvalue weighted by Gasteiger charge is -2.27. The van der Waals surface area contributed by atoms with Gasteiger partial charge in [-0.3, -0.25) is 4.79 Å². The molecule has 9 heteroatoms. The first-order valence-corrected chi connectivity index (χ1v) is 8.85. The lowest BCUT2D eigenvalue weighted by Crippen LogP contribution is -2.43. The number of halogens is 3. The molecule has 0 saturated carbocycles. The van der Waals surface area contributed by atoms with Crippen molar-refractivity contribution in [1.29, 1.82) is 0 Å². The van der Waals surface area contributed by atoms with E-state index in [1.807, 2.05) is 4.90 Å². The van der Waals surface area contributed by atoms with Crippen LogP contribution in [0.4, 0.5) is 4.39 Å². The van der Waals surface area contributed by atoms with E-state index in [2.05, 4.69) is 15.6 Å². The molecule has 2 saturated heterocycles. The summed E-state index contributed by atoms with van der Waals surface area (Å²) in [6.45, 7) is 3.55. The Labute approximate surface area is 162 Å². The average Bonchev–Trinajstić information content (AvgIpc) is 3.08. The van der Waals surface area contributed by atoms with Crippen molar-refractivity contribution in [1.82, 2.24) is 25.2 Å². The highest BCUT2D eigenvalue weighted by Crippen LogP contribution is 2.30. The third-order valence-corrected chi connectivity index (χ3v) is 5.42. The first kappa shape index (κ1) is 19.1. The zero-order chi connectivity index (χ0) is 17.6. The molecule has 0 spiro atoms. The van der Waals surface area contributed by atoms with Crippen LogP contribution in [0.2, 0.25) is 5.02 Å². The van der Waals surface area contributed by atoms with Gasteiger partial charge in [-0.1, -0.05) is 16.8 Å². The van der Waals surface area contributed by atoms with Crippen molar-refractivity contribution in [3.8, 4) is 5.69 Å². The average molecular weight is 400 g/mol. The zero-order valence-electron chi connectivity index (χ0n) is 14.3. The maximum absolute atomic E-state index is 13.4. The van der Waals surface area contributed by atoms with Crippen LogP contribution in [-0.2, 0) is 0 Å². The number of aromatic nitrogens is 3. The van der Waals surface area contributed by atoms with Crippen LogP contribution in [0.1, 0.15) is 35.4 Å². The molecule has 2 atom stereocenters. The predicted molar refractivity (Wildman–Crippen MR) is 98.8 cm³/mol. The first-order valence-electron chi connectivity index (χ1n) is 8.47. The molecule has 4 rings (SSSR count). The Morgan fingerprint density at radius 3 is 2.85 bits per heavy atom. The summed E-state index contributed by atoms with van der Waals surface area (Å²) in [6, 6.07) is 4.80. The molecule has 1 aromatic heterocycles. The van der Waals surface area contributed by atoms with Gasteiger partial charge in [0, 0.05) is 18.6 Å². The van der Waals surface area contributed by atoms with Gasteiger partial charge in [-0.2, -0.15) is 0 Å². The molecule has 140 valence electrons. The minimum Gasteiger partial charge on any atom is -0.330 e. The van der Waals surface area contributed by atoms with E-state index in [1.165, 1.54) is 16.8 Å². The Balaban J connectivity index is 0.00000196. The van der Waals surface area contributed by atoms with E-state index in [9.17, 15) is 9.18 Å². The maximum Gasteiger partial charge on any atom is 0.276 e. The van der Waals surface area contributed by atoms with E-state index in [-0.39, 0.29) is 35.4 Å². The third kappa shape index (κ3) is 3.19. The van der Waals surface area contributed by atoms with E-state index in [0.717, 1.165) is 32.4 Å². The maximum atomic E-state index is 13.4. The Morgan fingerprint density at radius 1 is 1.31 bits per heavy atom. The number of nitrogens with one attached hydrogen (secondary N) is 1. The van der Waals surface area contributed by atoms with Gasteiger partial charge in [0.2, 0.25) is 0 Å². The highest BCUT2D eigenvalue weighted by atomic mass is 35.5. The van der Waals surface area contributed by atoms with Gasteiger partial charge in [-0.15, -0.1) is 17.5 Å². The van der Waals surface area contributed by atoms with Gasteiger partial charge in [-0.05, 0) is 50.9 Å². The second-order valence-corrected chi connectivity index (χ2v) is 7.03. The molecule has 2 bridgehead atoms. The van der Waals surface area contributed by atoms with Crippen molar-refractivity contribution in [3.63, 3.8) is 0 Å². The monoisotopic (exact) mass is 399 g/mol. The summed E-state index contributed by atoms with van der Waals surface area (Å²) in [5.41, 5.74) is 1.56. The molecule has 2 aromatic rings. The molecule has 2 unspecified atom stereocenters. The minimum atomic E-state index is -0.492. The molecule has 26 heavy (non-hydrogen) atoms. The molecule has 1 aromatic carbocycles. The highest BCUT2D eigenvalue weighted by molar-refractivity contribution is 6.30. The zero-order valence-corrected chi connectivity index (χ0v) is 15.9. The van der Waals surface area contributed by atoms with Crippen LogP contribution in [0, 0.1) is 12.7 Å². The molecule has 2 aliphatic heterocycles. The number of amides is 1. The quantitative estimate of drug-likeness (QED) is 0.842. The summed E-state index contributed by atoms with van der Waals surface area (Å²) in [7, 11) is 0. The Bertz CT molecular complexity index is 813. The Morgan fingerprint density at radius 2 is 2.08 bits per heavy atom. The first-order chi connectivity index (χ1) is 12.1. The number of hydrogen-bond donors (Lipinski definition) is 1. The normalized spacial score (nSPS) is 22.0. The Hall–Kier alpha value is -1.70. The van der Waals surface area contributed by atoms with Gasteiger partial charge >= 0.3 is 0 Å². The summed E-state index contributed by atoms with van der Waals surface area (Å²) in [6.07, 6.45) is 3.02. The van der Waals surface area contributed by atoms with E-state index in [4.69, 9.17) is 11.6 Å². The van der Waals surface area contributed by atoms with Crippen molar-refractivity contribution in [3.05, 3.63) is 40.4 Å². The summed E-state index contributed by atoms with van der Waals surface area (Å²) >= 11 is 5.85. The van der Waals surface area contributed by atoms with Gasteiger partial charge in [0.05, 0.1) is 16.4 Å². The molecule has 2 fully saturated rings. The van der Waals surface area contributed by atoms with E-state index in [0.29, 0.717) is 17.1 Å². The van der Waals surface area contributed by atoms with Crippen molar-refractivity contribution in [2.24, 2.45) is 0 Å². The van der Waals surface area contributed by atoms with E-state index < -0.39 is 5.82 Å². The van der Waals surface area contributed by atoms with Crippen LogP contribution < -0.4 is 5.32 Å². The SMILES string of the molecule is Cc1c(C(=O)N2C3CCNCC2CC3)nnn1-c1ccc(F)c(Cl)c1.Cl.